The molecular weight excluding hydrogens is 412 g/mol. The molecule has 0 unspecified atom stereocenters. The molecule has 0 aliphatic rings. The van der Waals surface area contributed by atoms with Gasteiger partial charge in [0.2, 0.25) is 11.8 Å². The molecule has 0 spiro atoms. The number of carbonyl (C=O) groups excluding carboxylic acids is 4. The summed E-state index contributed by atoms with van der Waals surface area (Å²) in [4.78, 5) is 47.5. The number of nitriles is 1. The van der Waals surface area contributed by atoms with Crippen molar-refractivity contribution >= 4 is 35.1 Å². The van der Waals surface area contributed by atoms with Crippen LogP contribution in [0.25, 0.3) is 0 Å². The molecule has 0 aromatic heterocycles. The lowest BCUT2D eigenvalue weighted by atomic mass is 10.1. The molecule has 2 aromatic rings. The highest BCUT2D eigenvalue weighted by molar-refractivity contribution is 5.97. The van der Waals surface area contributed by atoms with Crippen LogP contribution in [0.3, 0.4) is 0 Å². The Morgan fingerprint density at radius 2 is 1.53 bits per heavy atom. The second-order valence-electron chi connectivity index (χ2n) is 7.14. The number of aryl methyl sites for hydroxylation is 3. The van der Waals surface area contributed by atoms with Gasteiger partial charge in [-0.1, -0.05) is 17.7 Å². The molecular formula is C23H24N4O5. The van der Waals surface area contributed by atoms with Crippen molar-refractivity contribution in [2.45, 2.75) is 27.2 Å². The fourth-order valence-corrected chi connectivity index (χ4v) is 2.97. The minimum Gasteiger partial charge on any atom is -0.452 e. The minimum absolute atomic E-state index is 0.180. The van der Waals surface area contributed by atoms with Gasteiger partial charge < -0.3 is 20.7 Å². The summed E-state index contributed by atoms with van der Waals surface area (Å²) in [6, 6.07) is 11.4. The molecule has 2 rings (SSSR count). The third-order valence-electron chi connectivity index (χ3n) is 4.37. The van der Waals surface area contributed by atoms with E-state index in [0.29, 0.717) is 11.4 Å². The molecule has 0 heterocycles. The summed E-state index contributed by atoms with van der Waals surface area (Å²) in [7, 11) is 0. The Hall–Kier alpha value is -4.19. The molecule has 2 aromatic carbocycles. The van der Waals surface area contributed by atoms with E-state index in [1.165, 1.54) is 24.3 Å². The summed E-state index contributed by atoms with van der Waals surface area (Å²) in [5.41, 5.74) is 4.24. The van der Waals surface area contributed by atoms with Gasteiger partial charge in [-0.2, -0.15) is 5.26 Å². The summed E-state index contributed by atoms with van der Waals surface area (Å²) in [6.07, 6.45) is -0.277. The van der Waals surface area contributed by atoms with E-state index >= 15 is 0 Å². The standard InChI is InChI=1S/C23H24N4O5/c1-14-10-15(2)22(16(3)11-14)27-20(29)12-25-21(30)13-32-23(31)17-4-6-18(7-5-17)26-19(28)8-9-24/h4-7,10-11H,8,12-13H2,1-3H3,(H,25,30)(H,26,28)(H,27,29). The van der Waals surface area contributed by atoms with Crippen LogP contribution in [0.15, 0.2) is 36.4 Å². The largest absolute Gasteiger partial charge is 0.452 e. The number of amides is 3. The topological polar surface area (TPSA) is 137 Å². The Balaban J connectivity index is 1.78. The van der Waals surface area contributed by atoms with Gasteiger partial charge in [-0.05, 0) is 56.2 Å². The number of nitrogens with zero attached hydrogens (tertiary/aromatic N) is 1. The number of anilines is 2. The van der Waals surface area contributed by atoms with Crippen LogP contribution in [0.1, 0.15) is 33.5 Å². The molecule has 9 heteroatoms. The van der Waals surface area contributed by atoms with E-state index < -0.39 is 30.3 Å². The first kappa shape index (κ1) is 24.1. The van der Waals surface area contributed by atoms with Crippen LogP contribution in [0.2, 0.25) is 0 Å². The van der Waals surface area contributed by atoms with Crippen LogP contribution >= 0.6 is 0 Å². The molecule has 0 saturated carbocycles. The molecule has 0 aliphatic heterocycles. The Labute approximate surface area is 185 Å². The third-order valence-corrected chi connectivity index (χ3v) is 4.37. The van der Waals surface area contributed by atoms with Crippen molar-refractivity contribution in [1.82, 2.24) is 5.32 Å². The highest BCUT2D eigenvalue weighted by atomic mass is 16.5. The number of rotatable bonds is 8. The van der Waals surface area contributed by atoms with E-state index in [9.17, 15) is 19.2 Å². The number of benzene rings is 2. The van der Waals surface area contributed by atoms with E-state index in [2.05, 4.69) is 16.0 Å². The third kappa shape index (κ3) is 7.25. The maximum Gasteiger partial charge on any atom is 0.338 e. The van der Waals surface area contributed by atoms with E-state index in [4.69, 9.17) is 10.00 Å². The van der Waals surface area contributed by atoms with Gasteiger partial charge in [0.25, 0.3) is 5.91 Å². The zero-order valence-electron chi connectivity index (χ0n) is 18.1. The number of esters is 1. The van der Waals surface area contributed by atoms with Gasteiger partial charge in [0.05, 0.1) is 18.2 Å². The van der Waals surface area contributed by atoms with Crippen LogP contribution in [-0.4, -0.2) is 36.8 Å². The highest BCUT2D eigenvalue weighted by Crippen LogP contribution is 2.21. The van der Waals surface area contributed by atoms with Crippen LogP contribution in [0, 0.1) is 32.1 Å². The van der Waals surface area contributed by atoms with Gasteiger partial charge in [0.1, 0.15) is 6.42 Å². The molecule has 0 atom stereocenters. The van der Waals surface area contributed by atoms with Gasteiger partial charge in [0.15, 0.2) is 6.61 Å². The van der Waals surface area contributed by atoms with Crippen LogP contribution in [0.4, 0.5) is 11.4 Å². The van der Waals surface area contributed by atoms with Crippen LogP contribution in [-0.2, 0) is 19.1 Å². The van der Waals surface area contributed by atoms with Gasteiger partial charge in [0, 0.05) is 11.4 Å². The Morgan fingerprint density at radius 3 is 2.12 bits per heavy atom. The van der Waals surface area contributed by atoms with Crippen molar-refractivity contribution in [2.75, 3.05) is 23.8 Å². The van der Waals surface area contributed by atoms with E-state index in [1.807, 2.05) is 32.9 Å². The number of hydrogen-bond donors (Lipinski definition) is 3. The maximum atomic E-state index is 12.1. The predicted octanol–water partition coefficient (Wildman–Crippen LogP) is 2.38. The second kappa shape index (κ2) is 11.3. The Bertz CT molecular complexity index is 1050. The summed E-state index contributed by atoms with van der Waals surface area (Å²) in [6.45, 7) is 4.94. The molecule has 0 saturated heterocycles. The predicted molar refractivity (Wildman–Crippen MR) is 118 cm³/mol. The number of carbonyl (C=O) groups is 4. The molecule has 166 valence electrons. The summed E-state index contributed by atoms with van der Waals surface area (Å²) in [5.74, 6) is -2.21. The number of ether oxygens (including phenoxy) is 1. The average molecular weight is 436 g/mol. The van der Waals surface area contributed by atoms with Gasteiger partial charge in [-0.3, -0.25) is 14.4 Å². The molecule has 3 N–H and O–H groups in total. The summed E-state index contributed by atoms with van der Waals surface area (Å²) in [5, 5.41) is 16.1. The molecule has 0 bridgehead atoms. The number of hydrogen-bond acceptors (Lipinski definition) is 6. The quantitative estimate of drug-likeness (QED) is 0.543. The molecule has 9 nitrogen and oxygen atoms in total. The number of nitrogens with one attached hydrogen (secondary N) is 3. The lowest BCUT2D eigenvalue weighted by molar-refractivity contribution is -0.126. The van der Waals surface area contributed by atoms with Crippen LogP contribution < -0.4 is 16.0 Å². The fraction of sp³-hybridized carbons (Fsp3) is 0.261. The second-order valence-corrected chi connectivity index (χ2v) is 7.14. The van der Waals surface area contributed by atoms with E-state index in [0.717, 1.165) is 16.7 Å². The van der Waals surface area contributed by atoms with Crippen molar-refractivity contribution < 1.29 is 23.9 Å². The Morgan fingerprint density at radius 1 is 0.906 bits per heavy atom. The zero-order valence-corrected chi connectivity index (χ0v) is 18.1. The van der Waals surface area contributed by atoms with Crippen molar-refractivity contribution in [3.05, 3.63) is 58.7 Å². The maximum absolute atomic E-state index is 12.1. The minimum atomic E-state index is -0.731. The first-order valence-corrected chi connectivity index (χ1v) is 9.78. The molecule has 0 fully saturated rings. The Kier molecular flexibility index (Phi) is 8.48. The normalized spacial score (nSPS) is 9.94. The summed E-state index contributed by atoms with van der Waals surface area (Å²) < 4.78 is 4.94. The smallest absolute Gasteiger partial charge is 0.338 e. The molecule has 0 radical (unpaired) electrons. The van der Waals surface area contributed by atoms with Crippen molar-refractivity contribution in [3.8, 4) is 6.07 Å². The average Bonchev–Trinajstić information content (AvgIpc) is 2.73. The fourth-order valence-electron chi connectivity index (χ4n) is 2.97. The highest BCUT2D eigenvalue weighted by Gasteiger charge is 2.13. The van der Waals surface area contributed by atoms with Crippen molar-refractivity contribution in [1.29, 1.82) is 5.26 Å². The molecule has 32 heavy (non-hydrogen) atoms. The zero-order chi connectivity index (χ0) is 23.7. The van der Waals surface area contributed by atoms with Gasteiger partial charge in [-0.15, -0.1) is 0 Å². The molecule has 3 amide bonds. The van der Waals surface area contributed by atoms with Gasteiger partial charge in [-0.25, -0.2) is 4.79 Å². The molecule has 0 aliphatic carbocycles. The lowest BCUT2D eigenvalue weighted by Gasteiger charge is -2.13. The lowest BCUT2D eigenvalue weighted by Crippen LogP contribution is -2.35. The first-order valence-electron chi connectivity index (χ1n) is 9.78. The van der Waals surface area contributed by atoms with E-state index in [-0.39, 0.29) is 18.5 Å². The van der Waals surface area contributed by atoms with Gasteiger partial charge >= 0.3 is 5.97 Å². The SMILES string of the molecule is Cc1cc(C)c(NC(=O)CNC(=O)COC(=O)c2ccc(NC(=O)CC#N)cc2)c(C)c1. The first-order chi connectivity index (χ1) is 15.2. The van der Waals surface area contributed by atoms with E-state index in [1.54, 1.807) is 6.07 Å². The van der Waals surface area contributed by atoms with Crippen molar-refractivity contribution in [3.63, 3.8) is 0 Å². The monoisotopic (exact) mass is 436 g/mol. The van der Waals surface area contributed by atoms with Crippen molar-refractivity contribution in [2.24, 2.45) is 0 Å². The summed E-state index contributed by atoms with van der Waals surface area (Å²) >= 11 is 0. The van der Waals surface area contributed by atoms with Crippen LogP contribution in [0.5, 0.6) is 0 Å².